The summed E-state index contributed by atoms with van der Waals surface area (Å²) in [6.45, 7) is 7.73. The van der Waals surface area contributed by atoms with Crippen LogP contribution in [0.15, 0.2) is 22.7 Å². The number of carbonyl (C=O) groups is 1. The predicted octanol–water partition coefficient (Wildman–Crippen LogP) is 4.76. The summed E-state index contributed by atoms with van der Waals surface area (Å²) < 4.78 is 7.49. The second-order valence-electron chi connectivity index (χ2n) is 4.89. The lowest BCUT2D eigenvalue weighted by Crippen LogP contribution is -2.34. The highest BCUT2D eigenvalue weighted by atomic mass is 79.9. The van der Waals surface area contributed by atoms with Crippen LogP contribution in [0.4, 0.5) is 0 Å². The molecule has 0 radical (unpaired) electrons. The minimum atomic E-state index is -0.0682. The second kappa shape index (κ2) is 11.1. The molecule has 1 amide bonds. The molecule has 0 spiro atoms. The van der Waals surface area contributed by atoms with Crippen LogP contribution in [0.2, 0.25) is 0 Å². The van der Waals surface area contributed by atoms with Gasteiger partial charge in [0.05, 0.1) is 7.11 Å². The molecule has 0 atom stereocenters. The number of fused-ring (bicyclic) bond motifs is 1. The third-order valence-corrected chi connectivity index (χ3v) is 5.27. The Labute approximate surface area is 164 Å². The van der Waals surface area contributed by atoms with Crippen molar-refractivity contribution >= 4 is 59.2 Å². The molecule has 4 nitrogen and oxygen atoms in total. The number of likely N-dealkylation sites (N-methyl/N-ethyl adjacent to an activating group) is 1. The van der Waals surface area contributed by atoms with Crippen LogP contribution in [0.3, 0.4) is 0 Å². The van der Waals surface area contributed by atoms with E-state index in [1.165, 1.54) is 11.3 Å². The summed E-state index contributed by atoms with van der Waals surface area (Å²) in [5.41, 5.74) is 0. The first-order valence-electron chi connectivity index (χ1n) is 7.75. The van der Waals surface area contributed by atoms with Gasteiger partial charge in [-0.25, -0.2) is 0 Å². The van der Waals surface area contributed by atoms with E-state index in [0.29, 0.717) is 17.2 Å². The van der Waals surface area contributed by atoms with Crippen LogP contribution in [0.5, 0.6) is 5.75 Å². The van der Waals surface area contributed by atoms with Crippen molar-refractivity contribution in [3.05, 3.63) is 27.5 Å². The van der Waals surface area contributed by atoms with Crippen molar-refractivity contribution in [1.29, 1.82) is 0 Å². The first-order chi connectivity index (χ1) is 11.6. The van der Waals surface area contributed by atoms with Crippen molar-refractivity contribution in [2.75, 3.05) is 39.1 Å². The zero-order chi connectivity index (χ0) is 18.1. The Morgan fingerprint density at radius 1 is 1.29 bits per heavy atom. The molecular formula is C17H24Br2N2O2S. The Balaban J connectivity index is 0.00000139. The van der Waals surface area contributed by atoms with E-state index in [-0.39, 0.29) is 5.91 Å². The molecular weight excluding hydrogens is 456 g/mol. The monoisotopic (exact) mass is 478 g/mol. The molecule has 7 heteroatoms. The molecule has 134 valence electrons. The fraction of sp³-hybridized carbons (Fsp3) is 0.471. The van der Waals surface area contributed by atoms with Gasteiger partial charge < -0.3 is 15.0 Å². The highest BCUT2D eigenvalue weighted by Crippen LogP contribution is 2.38. The lowest BCUT2D eigenvalue weighted by atomic mass is 10.2. The molecule has 1 aromatic carbocycles. The third kappa shape index (κ3) is 5.44. The van der Waals surface area contributed by atoms with Crippen LogP contribution in [-0.2, 0) is 0 Å². The number of amides is 1. The number of carbonyl (C=O) groups excluding carboxylic acids is 1. The number of rotatable bonds is 7. The molecule has 24 heavy (non-hydrogen) atoms. The minimum absolute atomic E-state index is 0.0682. The quantitative estimate of drug-likeness (QED) is 0.582. The van der Waals surface area contributed by atoms with Crippen molar-refractivity contribution in [3.8, 4) is 5.75 Å². The molecule has 0 fully saturated rings. The van der Waals surface area contributed by atoms with Gasteiger partial charge in [0, 0.05) is 27.6 Å². The Morgan fingerprint density at radius 3 is 2.54 bits per heavy atom. The molecule has 0 saturated heterocycles. The molecule has 1 N–H and O–H groups in total. The minimum Gasteiger partial charge on any atom is -0.494 e. The number of methoxy groups -OCH3 is 1. The Morgan fingerprint density at radius 2 is 1.96 bits per heavy atom. The fourth-order valence-corrected chi connectivity index (χ4v) is 3.78. The van der Waals surface area contributed by atoms with Gasteiger partial charge in [-0.3, -0.25) is 4.79 Å². The Kier molecular flexibility index (Phi) is 9.88. The predicted molar refractivity (Wildman–Crippen MR) is 111 cm³/mol. The second-order valence-corrected chi connectivity index (χ2v) is 6.86. The molecule has 0 unspecified atom stereocenters. The topological polar surface area (TPSA) is 41.6 Å². The zero-order valence-corrected chi connectivity index (χ0v) is 18.5. The van der Waals surface area contributed by atoms with E-state index in [2.05, 4.69) is 55.9 Å². The van der Waals surface area contributed by atoms with Crippen molar-refractivity contribution in [1.82, 2.24) is 10.2 Å². The molecule has 0 aliphatic rings. The van der Waals surface area contributed by atoms with Gasteiger partial charge in [-0.2, -0.15) is 0 Å². The van der Waals surface area contributed by atoms with E-state index in [9.17, 15) is 4.79 Å². The standard InChI is InChI=1S/C16H21BrN2O2S.CH3Br/c1-4-19(5-2)9-8-18-16(20)15-14(21-3)12-10-11(17)6-7-13(12)22-15;1-2/h6-7,10H,4-5,8-9H2,1-3H3,(H,18,20);1H3. The third-order valence-electron chi connectivity index (χ3n) is 3.62. The summed E-state index contributed by atoms with van der Waals surface area (Å²) in [6.07, 6.45) is 0. The first-order valence-corrected chi connectivity index (χ1v) is 10.9. The van der Waals surface area contributed by atoms with E-state index < -0.39 is 0 Å². The summed E-state index contributed by atoms with van der Waals surface area (Å²) in [5.74, 6) is 2.40. The Hall–Kier alpha value is -0.630. The SMILES string of the molecule is CBr.CCN(CC)CCNC(=O)c1sc2ccc(Br)cc2c1OC. The van der Waals surface area contributed by atoms with Crippen molar-refractivity contribution in [2.24, 2.45) is 0 Å². The average molecular weight is 480 g/mol. The fourth-order valence-electron chi connectivity index (χ4n) is 2.35. The number of hydrogen-bond donors (Lipinski definition) is 1. The molecule has 0 saturated carbocycles. The molecule has 2 aromatic rings. The smallest absolute Gasteiger partial charge is 0.265 e. The molecule has 1 aromatic heterocycles. The number of halogens is 2. The van der Waals surface area contributed by atoms with Crippen LogP contribution < -0.4 is 10.1 Å². The molecule has 2 rings (SSSR count). The first kappa shape index (κ1) is 21.4. The van der Waals surface area contributed by atoms with Crippen molar-refractivity contribution < 1.29 is 9.53 Å². The van der Waals surface area contributed by atoms with Gasteiger partial charge >= 0.3 is 0 Å². The van der Waals surface area contributed by atoms with E-state index in [4.69, 9.17) is 4.74 Å². The van der Waals surface area contributed by atoms with Crippen molar-refractivity contribution in [3.63, 3.8) is 0 Å². The van der Waals surface area contributed by atoms with Gasteiger partial charge in [0.2, 0.25) is 0 Å². The summed E-state index contributed by atoms with van der Waals surface area (Å²) >= 11 is 7.86. The highest BCUT2D eigenvalue weighted by Gasteiger charge is 2.19. The lowest BCUT2D eigenvalue weighted by molar-refractivity contribution is 0.0950. The average Bonchev–Trinajstić information content (AvgIpc) is 2.98. The van der Waals surface area contributed by atoms with E-state index >= 15 is 0 Å². The number of thiophene rings is 1. The van der Waals surface area contributed by atoms with Gasteiger partial charge in [-0.15, -0.1) is 11.3 Å². The maximum atomic E-state index is 12.4. The zero-order valence-electron chi connectivity index (χ0n) is 14.5. The molecule has 0 aliphatic carbocycles. The number of ether oxygens (including phenoxy) is 1. The van der Waals surface area contributed by atoms with Crippen LogP contribution in [0.1, 0.15) is 23.5 Å². The van der Waals surface area contributed by atoms with Crippen LogP contribution in [0, 0.1) is 0 Å². The van der Waals surface area contributed by atoms with E-state index in [1.54, 1.807) is 7.11 Å². The van der Waals surface area contributed by atoms with Gasteiger partial charge in [-0.1, -0.05) is 45.7 Å². The lowest BCUT2D eigenvalue weighted by Gasteiger charge is -2.17. The van der Waals surface area contributed by atoms with Crippen LogP contribution >= 0.6 is 43.2 Å². The Bertz CT molecular complexity index is 657. The van der Waals surface area contributed by atoms with Gasteiger partial charge in [-0.05, 0) is 37.1 Å². The van der Waals surface area contributed by atoms with Crippen LogP contribution in [-0.4, -0.2) is 49.9 Å². The van der Waals surface area contributed by atoms with Gasteiger partial charge in [0.15, 0.2) is 0 Å². The number of nitrogens with one attached hydrogen (secondary N) is 1. The molecule has 1 heterocycles. The summed E-state index contributed by atoms with van der Waals surface area (Å²) in [6, 6.07) is 5.96. The maximum Gasteiger partial charge on any atom is 0.265 e. The largest absolute Gasteiger partial charge is 0.494 e. The number of hydrogen-bond acceptors (Lipinski definition) is 4. The number of alkyl halides is 1. The maximum absolute atomic E-state index is 12.4. The summed E-state index contributed by atoms with van der Waals surface area (Å²) in [7, 11) is 1.61. The summed E-state index contributed by atoms with van der Waals surface area (Å²) in [5, 5.41) is 3.95. The number of benzene rings is 1. The number of nitrogens with zero attached hydrogens (tertiary/aromatic N) is 1. The van der Waals surface area contributed by atoms with E-state index in [1.807, 2.05) is 24.0 Å². The van der Waals surface area contributed by atoms with Gasteiger partial charge in [0.25, 0.3) is 5.91 Å². The van der Waals surface area contributed by atoms with Gasteiger partial charge in [0.1, 0.15) is 10.6 Å². The van der Waals surface area contributed by atoms with Crippen LogP contribution in [0.25, 0.3) is 10.1 Å². The summed E-state index contributed by atoms with van der Waals surface area (Å²) in [4.78, 5) is 15.3. The molecule has 0 bridgehead atoms. The normalized spacial score (nSPS) is 10.5. The molecule has 0 aliphatic heterocycles. The van der Waals surface area contributed by atoms with E-state index in [0.717, 1.165) is 34.2 Å². The highest BCUT2D eigenvalue weighted by molar-refractivity contribution is 9.10. The van der Waals surface area contributed by atoms with Crippen molar-refractivity contribution in [2.45, 2.75) is 13.8 Å².